The van der Waals surface area contributed by atoms with Gasteiger partial charge < -0.3 is 4.74 Å². The van der Waals surface area contributed by atoms with Gasteiger partial charge in [-0.3, -0.25) is 17.2 Å². The minimum Gasteiger partial charge on any atom is -0.317 e. The van der Waals surface area contributed by atoms with Crippen molar-refractivity contribution in [2.45, 2.75) is 24.9 Å². The number of ether oxygens (including phenoxy) is 1. The Hall–Kier alpha value is -0.160. The molecule has 1 unspecified atom stereocenters. The van der Waals surface area contributed by atoms with Crippen LogP contribution in [0.3, 0.4) is 0 Å². The molecule has 0 saturated carbocycles. The predicted octanol–water partition coefficient (Wildman–Crippen LogP) is -1.35. The van der Waals surface area contributed by atoms with Crippen LogP contribution in [0.5, 0.6) is 0 Å². The number of hydrogen-bond acceptors (Lipinski definition) is 4. The van der Waals surface area contributed by atoms with E-state index in [4.69, 9.17) is 21.9 Å². The zero-order valence-corrected chi connectivity index (χ0v) is 4.85. The fourth-order valence-electron chi connectivity index (χ4n) is 0.624. The highest BCUT2D eigenvalue weighted by Crippen LogP contribution is 2.36. The molecule has 1 aliphatic rings. The Labute approximate surface area is 48.0 Å². The van der Waals surface area contributed by atoms with Crippen LogP contribution in [0.4, 0.5) is 0 Å². The van der Waals surface area contributed by atoms with Crippen molar-refractivity contribution in [2.75, 3.05) is 0 Å². The molecule has 4 heteroatoms. The Morgan fingerprint density at radius 2 is 1.75 bits per heavy atom. The molecule has 1 aliphatic heterocycles. The molecule has 6 N–H and O–H groups in total. The van der Waals surface area contributed by atoms with Crippen molar-refractivity contribution < 1.29 is 4.74 Å². The van der Waals surface area contributed by atoms with Crippen LogP contribution < -0.4 is 17.2 Å². The number of hydrogen-bond donors (Lipinski definition) is 3. The number of nitrogens with two attached hydrogens (primary N) is 3. The first kappa shape index (κ1) is 5.97. The van der Waals surface area contributed by atoms with Crippen molar-refractivity contribution in [3.63, 3.8) is 0 Å². The van der Waals surface area contributed by atoms with Crippen LogP contribution in [0.2, 0.25) is 0 Å². The molecule has 8 heavy (non-hydrogen) atoms. The third-order valence-electron chi connectivity index (χ3n) is 1.50. The summed E-state index contributed by atoms with van der Waals surface area (Å²) in [5.41, 5.74) is 15.3. The van der Waals surface area contributed by atoms with Crippen LogP contribution in [-0.2, 0) is 4.74 Å². The summed E-state index contributed by atoms with van der Waals surface area (Å²) in [4.78, 5) is 0. The van der Waals surface area contributed by atoms with Gasteiger partial charge in [0.15, 0.2) is 5.72 Å². The molecular weight excluding hydrogens is 106 g/mol. The Morgan fingerprint density at radius 3 is 1.75 bits per heavy atom. The van der Waals surface area contributed by atoms with E-state index >= 15 is 0 Å². The fourth-order valence-corrected chi connectivity index (χ4v) is 0.624. The van der Waals surface area contributed by atoms with E-state index in [1.165, 1.54) is 0 Å². The second kappa shape index (κ2) is 1.22. The van der Waals surface area contributed by atoms with Gasteiger partial charge in [-0.2, -0.15) is 0 Å². The second-order valence-corrected chi connectivity index (χ2v) is 2.14. The molecule has 1 fully saturated rings. The molecule has 1 saturated heterocycles. The van der Waals surface area contributed by atoms with Crippen molar-refractivity contribution in [3.8, 4) is 0 Å². The molecule has 0 radical (unpaired) electrons. The minimum absolute atomic E-state index is 0.653. The molecule has 0 aromatic rings. The van der Waals surface area contributed by atoms with Crippen LogP contribution in [0.15, 0.2) is 0 Å². The smallest absolute Gasteiger partial charge is 0.215 e. The van der Waals surface area contributed by atoms with Crippen molar-refractivity contribution >= 4 is 0 Å². The van der Waals surface area contributed by atoms with E-state index in [2.05, 4.69) is 0 Å². The number of rotatable bonds is 1. The van der Waals surface area contributed by atoms with Gasteiger partial charge in [0.25, 0.3) is 0 Å². The molecule has 4 nitrogen and oxygen atoms in total. The molecule has 0 aliphatic carbocycles. The SMILES string of the molecule is CCC1(N)OC1(N)N. The first-order valence-corrected chi connectivity index (χ1v) is 2.58. The third kappa shape index (κ3) is 0.545. The Kier molecular flexibility index (Phi) is 0.908. The summed E-state index contributed by atoms with van der Waals surface area (Å²) < 4.78 is 4.77. The van der Waals surface area contributed by atoms with Gasteiger partial charge in [0.2, 0.25) is 5.85 Å². The van der Waals surface area contributed by atoms with E-state index < -0.39 is 11.6 Å². The van der Waals surface area contributed by atoms with Crippen LogP contribution in [0.1, 0.15) is 13.3 Å². The maximum absolute atomic E-state index is 5.45. The van der Waals surface area contributed by atoms with Gasteiger partial charge in [0.1, 0.15) is 0 Å². The van der Waals surface area contributed by atoms with E-state index in [-0.39, 0.29) is 0 Å². The monoisotopic (exact) mass is 117 g/mol. The minimum atomic E-state index is -1.07. The molecule has 0 bridgehead atoms. The Bertz CT molecular complexity index is 114. The van der Waals surface area contributed by atoms with Gasteiger partial charge >= 0.3 is 0 Å². The van der Waals surface area contributed by atoms with Gasteiger partial charge in [-0.25, -0.2) is 0 Å². The highest BCUT2D eigenvalue weighted by Gasteiger charge is 2.62. The average Bonchev–Trinajstić information content (AvgIpc) is 2.10. The molecule has 1 rings (SSSR count). The summed E-state index contributed by atoms with van der Waals surface area (Å²) >= 11 is 0. The van der Waals surface area contributed by atoms with Crippen molar-refractivity contribution in [2.24, 2.45) is 17.2 Å². The van der Waals surface area contributed by atoms with Gasteiger partial charge in [-0.15, -0.1) is 0 Å². The lowest BCUT2D eigenvalue weighted by Gasteiger charge is -2.01. The summed E-state index contributed by atoms with van der Waals surface area (Å²) in [7, 11) is 0. The van der Waals surface area contributed by atoms with Crippen LogP contribution in [0, 0.1) is 0 Å². The van der Waals surface area contributed by atoms with Crippen LogP contribution >= 0.6 is 0 Å². The molecule has 1 heterocycles. The highest BCUT2D eigenvalue weighted by molar-refractivity contribution is 5.02. The molecular formula is C4H11N3O. The lowest BCUT2D eigenvalue weighted by Crippen LogP contribution is -2.47. The van der Waals surface area contributed by atoms with E-state index in [1.54, 1.807) is 0 Å². The largest absolute Gasteiger partial charge is 0.317 e. The standard InChI is InChI=1S/C4H11N3O/c1-2-3(5)4(6,7)8-3/h2,5-7H2,1H3. The van der Waals surface area contributed by atoms with Crippen molar-refractivity contribution in [1.29, 1.82) is 0 Å². The summed E-state index contributed by atoms with van der Waals surface area (Å²) in [6.07, 6.45) is 0.653. The van der Waals surface area contributed by atoms with Crippen molar-refractivity contribution in [3.05, 3.63) is 0 Å². The van der Waals surface area contributed by atoms with Gasteiger partial charge in [-0.05, 0) is 6.42 Å². The molecule has 0 amide bonds. The maximum atomic E-state index is 5.45. The second-order valence-electron chi connectivity index (χ2n) is 2.14. The van der Waals surface area contributed by atoms with Gasteiger partial charge in [-0.1, -0.05) is 6.92 Å². The fraction of sp³-hybridized carbons (Fsp3) is 1.00. The van der Waals surface area contributed by atoms with Crippen molar-refractivity contribution in [1.82, 2.24) is 0 Å². The van der Waals surface area contributed by atoms with E-state index in [9.17, 15) is 0 Å². The van der Waals surface area contributed by atoms with Crippen LogP contribution in [0.25, 0.3) is 0 Å². The molecule has 0 aromatic heterocycles. The first-order chi connectivity index (χ1) is 3.52. The van der Waals surface area contributed by atoms with E-state index in [1.807, 2.05) is 6.92 Å². The summed E-state index contributed by atoms with van der Waals surface area (Å²) in [5, 5.41) is 0. The predicted molar refractivity (Wildman–Crippen MR) is 29.4 cm³/mol. The van der Waals surface area contributed by atoms with Crippen LogP contribution in [-0.4, -0.2) is 11.6 Å². The number of epoxide rings is 1. The lowest BCUT2D eigenvalue weighted by molar-refractivity contribution is 0.265. The third-order valence-corrected chi connectivity index (χ3v) is 1.50. The Balaban J connectivity index is 2.55. The summed E-state index contributed by atoms with van der Waals surface area (Å²) in [6.45, 7) is 1.88. The highest BCUT2D eigenvalue weighted by atomic mass is 16.7. The average molecular weight is 117 g/mol. The zero-order chi connectivity index (χ0) is 6.41. The topological polar surface area (TPSA) is 90.6 Å². The van der Waals surface area contributed by atoms with E-state index in [0.717, 1.165) is 0 Å². The quantitative estimate of drug-likeness (QED) is 0.292. The van der Waals surface area contributed by atoms with E-state index in [0.29, 0.717) is 6.42 Å². The maximum Gasteiger partial charge on any atom is 0.215 e. The molecule has 48 valence electrons. The molecule has 0 aromatic carbocycles. The summed E-state index contributed by atoms with van der Waals surface area (Å²) in [5.74, 6) is -1.07. The first-order valence-electron chi connectivity index (χ1n) is 2.58. The zero-order valence-electron chi connectivity index (χ0n) is 4.85. The van der Waals surface area contributed by atoms with Gasteiger partial charge in [0.05, 0.1) is 0 Å². The molecule has 1 atom stereocenters. The Morgan fingerprint density at radius 1 is 1.38 bits per heavy atom. The summed E-state index contributed by atoms with van der Waals surface area (Å²) in [6, 6.07) is 0. The van der Waals surface area contributed by atoms with Gasteiger partial charge in [0, 0.05) is 0 Å². The lowest BCUT2D eigenvalue weighted by atomic mass is 10.2. The molecule has 0 spiro atoms. The normalized spacial score (nSPS) is 42.0.